The third-order valence-corrected chi connectivity index (χ3v) is 4.64. The fraction of sp³-hybridized carbons (Fsp3) is 0.130. The van der Waals surface area contributed by atoms with E-state index in [0.29, 0.717) is 34.5 Å². The Morgan fingerprint density at radius 3 is 2.74 bits per heavy atom. The number of nitriles is 1. The van der Waals surface area contributed by atoms with Crippen LogP contribution in [0.2, 0.25) is 0 Å². The number of hydrogen-bond acceptors (Lipinski definition) is 10. The molecule has 3 heterocycles. The van der Waals surface area contributed by atoms with Crippen molar-refractivity contribution in [1.29, 1.82) is 5.26 Å². The summed E-state index contributed by atoms with van der Waals surface area (Å²) in [7, 11) is 1.46. The lowest BCUT2D eigenvalue weighted by Gasteiger charge is -2.16. The van der Waals surface area contributed by atoms with Gasteiger partial charge in [0, 0.05) is 30.3 Å². The lowest BCUT2D eigenvalue weighted by molar-refractivity contribution is 0.0963. The van der Waals surface area contributed by atoms with E-state index in [2.05, 4.69) is 30.7 Å². The van der Waals surface area contributed by atoms with Crippen molar-refractivity contribution < 1.29 is 18.2 Å². The molecular weight excluding hydrogens is 436 g/mol. The number of nitrogens with zero attached hydrogens (tertiary/aromatic N) is 5. The lowest BCUT2D eigenvalue weighted by atomic mass is 10.1. The van der Waals surface area contributed by atoms with Gasteiger partial charge in [-0.2, -0.15) is 10.2 Å². The van der Waals surface area contributed by atoms with Crippen molar-refractivity contribution in [1.82, 2.24) is 25.4 Å². The molecule has 1 aromatic carbocycles. The van der Waals surface area contributed by atoms with Crippen LogP contribution >= 0.6 is 0 Å². The monoisotopic (exact) mass is 459 g/mol. The van der Waals surface area contributed by atoms with Gasteiger partial charge in [-0.1, -0.05) is 17.3 Å². The Balaban J connectivity index is 1.75. The number of carbonyl (C=O) groups excluding carboxylic acids is 1. The fourth-order valence-electron chi connectivity index (χ4n) is 3.16. The number of methoxy groups -OCH3 is 1. The Hall–Kier alpha value is -4.98. The predicted molar refractivity (Wildman–Crippen MR) is 124 cm³/mol. The molecule has 4 aromatic rings. The van der Waals surface area contributed by atoms with Crippen molar-refractivity contribution in [3.05, 3.63) is 65.8 Å². The molecular formula is C23H20N8O3. The van der Waals surface area contributed by atoms with E-state index in [1.54, 1.807) is 43.3 Å². The summed E-state index contributed by atoms with van der Waals surface area (Å²) >= 11 is 0. The van der Waals surface area contributed by atoms with Crippen LogP contribution < -0.4 is 20.7 Å². The maximum Gasteiger partial charge on any atom is 0.254 e. The van der Waals surface area contributed by atoms with Crippen LogP contribution in [0.5, 0.6) is 5.75 Å². The molecule has 0 unspecified atom stereocenters. The average molecular weight is 459 g/mol. The third kappa shape index (κ3) is 4.61. The first-order chi connectivity index (χ1) is 17.7. The quantitative estimate of drug-likeness (QED) is 0.374. The van der Waals surface area contributed by atoms with Crippen molar-refractivity contribution in [2.24, 2.45) is 0 Å². The van der Waals surface area contributed by atoms with Gasteiger partial charge < -0.3 is 25.2 Å². The number of pyridine rings is 2. The molecule has 0 aliphatic rings. The van der Waals surface area contributed by atoms with Crippen LogP contribution in [0.4, 0.5) is 23.0 Å². The standard InChI is InChI=1S/C23H20N8O3/c1-13-27-22(31-34-13)15-7-5-8-17(21(15)33-3)29-18-10-20(26-12-16(18)23(32)25-2)30-19-9-4-6-14(11-24)28-19/h4-10,12H,1-3H3,(H,25,32)(H2,26,28,29,30)/i2D3. The second-order valence-corrected chi connectivity index (χ2v) is 6.86. The third-order valence-electron chi connectivity index (χ3n) is 4.64. The zero-order valence-electron chi connectivity index (χ0n) is 21.1. The first kappa shape index (κ1) is 18.6. The van der Waals surface area contributed by atoms with Gasteiger partial charge in [0.15, 0.2) is 5.75 Å². The maximum atomic E-state index is 12.8. The van der Waals surface area contributed by atoms with E-state index in [9.17, 15) is 4.79 Å². The summed E-state index contributed by atoms with van der Waals surface area (Å²) in [5.74, 6) is 0.802. The zero-order chi connectivity index (χ0) is 26.6. The number of para-hydroxylation sites is 1. The molecule has 3 aromatic heterocycles. The normalized spacial score (nSPS) is 12.0. The van der Waals surface area contributed by atoms with Crippen molar-refractivity contribution in [3.63, 3.8) is 0 Å². The van der Waals surface area contributed by atoms with Crippen molar-refractivity contribution in [2.45, 2.75) is 6.92 Å². The number of aromatic nitrogens is 4. The van der Waals surface area contributed by atoms with E-state index >= 15 is 0 Å². The number of hydrogen-bond donors (Lipinski definition) is 3. The number of benzene rings is 1. The molecule has 4 rings (SSSR count). The fourth-order valence-corrected chi connectivity index (χ4v) is 3.16. The Morgan fingerprint density at radius 1 is 1.15 bits per heavy atom. The summed E-state index contributed by atoms with van der Waals surface area (Å²) < 4.78 is 32.9. The van der Waals surface area contributed by atoms with Gasteiger partial charge in [-0.25, -0.2) is 9.97 Å². The molecule has 0 aliphatic heterocycles. The molecule has 0 fully saturated rings. The summed E-state index contributed by atoms with van der Waals surface area (Å²) in [6.07, 6.45) is 1.22. The highest BCUT2D eigenvalue weighted by Crippen LogP contribution is 2.37. The van der Waals surface area contributed by atoms with Crippen LogP contribution in [0.1, 0.15) is 26.1 Å². The van der Waals surface area contributed by atoms with Crippen LogP contribution in [0.25, 0.3) is 11.4 Å². The Kier molecular flexibility index (Phi) is 5.28. The number of amides is 1. The molecule has 34 heavy (non-hydrogen) atoms. The Bertz CT molecular complexity index is 1500. The lowest BCUT2D eigenvalue weighted by Crippen LogP contribution is -2.19. The molecule has 0 aliphatic carbocycles. The molecule has 1 amide bonds. The summed E-state index contributed by atoms with van der Waals surface area (Å²) in [6.45, 7) is -1.05. The smallest absolute Gasteiger partial charge is 0.254 e. The summed E-state index contributed by atoms with van der Waals surface area (Å²) in [5, 5.41) is 21.1. The molecule has 0 radical (unpaired) electrons. The molecule has 11 heteroatoms. The predicted octanol–water partition coefficient (Wildman–Crippen LogP) is 3.56. The number of rotatable bonds is 7. The molecule has 170 valence electrons. The van der Waals surface area contributed by atoms with Gasteiger partial charge in [0.1, 0.15) is 23.4 Å². The number of ether oxygens (including phenoxy) is 1. The van der Waals surface area contributed by atoms with E-state index in [4.69, 9.17) is 18.6 Å². The number of nitrogens with one attached hydrogen (secondary N) is 3. The molecule has 0 saturated carbocycles. The SMILES string of the molecule is [2H]C([2H])([2H])NC(=O)c1cnc(Nc2cccc(C#N)n2)cc1Nc1cccc(-c2noc(C)n2)c1OC. The van der Waals surface area contributed by atoms with Gasteiger partial charge in [-0.3, -0.25) is 4.79 Å². The van der Waals surface area contributed by atoms with Crippen LogP contribution in [0.15, 0.2) is 53.2 Å². The van der Waals surface area contributed by atoms with Crippen LogP contribution in [-0.2, 0) is 0 Å². The molecule has 11 nitrogen and oxygen atoms in total. The van der Waals surface area contributed by atoms with Gasteiger partial charge in [0.05, 0.1) is 29.6 Å². The topological polar surface area (TPSA) is 151 Å². The molecule has 0 saturated heterocycles. The van der Waals surface area contributed by atoms with Crippen molar-refractivity contribution in [3.8, 4) is 23.2 Å². The van der Waals surface area contributed by atoms with Gasteiger partial charge >= 0.3 is 0 Å². The minimum absolute atomic E-state index is 0.0386. The van der Waals surface area contributed by atoms with Gasteiger partial charge in [0.2, 0.25) is 11.7 Å². The van der Waals surface area contributed by atoms with Crippen molar-refractivity contribution in [2.75, 3.05) is 24.7 Å². The summed E-state index contributed by atoms with van der Waals surface area (Å²) in [6, 6.07) is 13.5. The summed E-state index contributed by atoms with van der Waals surface area (Å²) in [4.78, 5) is 25.4. The van der Waals surface area contributed by atoms with Gasteiger partial charge in [0.25, 0.3) is 5.91 Å². The van der Waals surface area contributed by atoms with Crippen LogP contribution in [0.3, 0.4) is 0 Å². The zero-order valence-corrected chi connectivity index (χ0v) is 18.1. The highest BCUT2D eigenvalue weighted by molar-refractivity contribution is 6.00. The minimum Gasteiger partial charge on any atom is -0.494 e. The van der Waals surface area contributed by atoms with Crippen LogP contribution in [0, 0.1) is 18.3 Å². The molecule has 0 atom stereocenters. The first-order valence-corrected chi connectivity index (χ1v) is 9.88. The second-order valence-electron chi connectivity index (χ2n) is 6.86. The molecule has 0 spiro atoms. The minimum atomic E-state index is -2.71. The number of carbonyl (C=O) groups is 1. The van der Waals surface area contributed by atoms with E-state index < -0.39 is 12.9 Å². The highest BCUT2D eigenvalue weighted by atomic mass is 16.5. The number of aryl methyl sites for hydroxylation is 1. The molecule has 0 bridgehead atoms. The highest BCUT2D eigenvalue weighted by Gasteiger charge is 2.18. The largest absolute Gasteiger partial charge is 0.494 e. The Labute approximate surface area is 199 Å². The molecule has 3 N–H and O–H groups in total. The maximum absolute atomic E-state index is 12.8. The van der Waals surface area contributed by atoms with E-state index in [1.165, 1.54) is 19.4 Å². The van der Waals surface area contributed by atoms with E-state index in [1.807, 2.05) is 11.4 Å². The van der Waals surface area contributed by atoms with E-state index in [-0.39, 0.29) is 22.8 Å². The number of anilines is 4. The second kappa shape index (κ2) is 9.66. The first-order valence-electron chi connectivity index (χ1n) is 11.4. The van der Waals surface area contributed by atoms with Gasteiger partial charge in [-0.05, 0) is 24.3 Å². The van der Waals surface area contributed by atoms with Crippen molar-refractivity contribution >= 4 is 28.9 Å². The van der Waals surface area contributed by atoms with Gasteiger partial charge in [-0.15, -0.1) is 0 Å². The summed E-state index contributed by atoms with van der Waals surface area (Å²) in [5.41, 5.74) is 1.35. The average Bonchev–Trinajstić information content (AvgIpc) is 3.29. The van der Waals surface area contributed by atoms with E-state index in [0.717, 1.165) is 0 Å². The Morgan fingerprint density at radius 2 is 2.00 bits per heavy atom. The van der Waals surface area contributed by atoms with Crippen LogP contribution in [-0.4, -0.2) is 40.1 Å².